The lowest BCUT2D eigenvalue weighted by Crippen LogP contribution is -2.27. The summed E-state index contributed by atoms with van der Waals surface area (Å²) in [6, 6.07) is 9.13. The Balaban J connectivity index is 1.81. The monoisotopic (exact) mass is 253 g/mol. The first kappa shape index (κ1) is 12.0. The van der Waals surface area contributed by atoms with Gasteiger partial charge in [0.25, 0.3) is 0 Å². The Kier molecular flexibility index (Phi) is 3.07. The van der Waals surface area contributed by atoms with Crippen LogP contribution in [0.1, 0.15) is 11.1 Å². The normalized spacial score (nSPS) is 13.2. The second kappa shape index (κ2) is 4.88. The predicted molar refractivity (Wildman–Crippen MR) is 73.2 cm³/mol. The Hall–Kier alpha value is -2.11. The van der Waals surface area contributed by atoms with Crippen molar-refractivity contribution in [2.24, 2.45) is 0 Å². The van der Waals surface area contributed by atoms with Crippen LogP contribution in [0.5, 0.6) is 11.6 Å². The van der Waals surface area contributed by atoms with Crippen LogP contribution in [-0.2, 0) is 11.3 Å². The van der Waals surface area contributed by atoms with E-state index in [4.69, 9.17) is 9.39 Å². The lowest BCUT2D eigenvalue weighted by atomic mass is 9.80. The number of benzene rings is 1. The van der Waals surface area contributed by atoms with Gasteiger partial charge in [-0.05, 0) is 34.8 Å². The van der Waals surface area contributed by atoms with Gasteiger partial charge in [-0.2, -0.15) is 0 Å². The molecule has 2 heterocycles. The average molecular weight is 253 g/mol. The fourth-order valence-corrected chi connectivity index (χ4v) is 1.96. The van der Waals surface area contributed by atoms with Crippen molar-refractivity contribution in [1.29, 1.82) is 0 Å². The lowest BCUT2D eigenvalue weighted by Gasteiger charge is -2.06. The van der Waals surface area contributed by atoms with Crippen molar-refractivity contribution in [3.63, 3.8) is 0 Å². The molecule has 0 fully saturated rings. The molecule has 0 unspecified atom stereocenters. The maximum atomic E-state index is 9.53. The Morgan fingerprint density at radius 2 is 2.26 bits per heavy atom. The molecule has 0 amide bonds. The van der Waals surface area contributed by atoms with E-state index in [2.05, 4.69) is 11.6 Å². The van der Waals surface area contributed by atoms with Gasteiger partial charge in [-0.15, -0.1) is 0 Å². The number of rotatable bonds is 3. The second-order valence-electron chi connectivity index (χ2n) is 4.26. The van der Waals surface area contributed by atoms with Gasteiger partial charge in [0.2, 0.25) is 5.88 Å². The van der Waals surface area contributed by atoms with Crippen molar-refractivity contribution < 1.29 is 14.4 Å². The van der Waals surface area contributed by atoms with Crippen molar-refractivity contribution in [1.82, 2.24) is 4.98 Å². The van der Waals surface area contributed by atoms with E-state index in [0.717, 1.165) is 16.6 Å². The number of hydrogen-bond donors (Lipinski definition) is 1. The summed E-state index contributed by atoms with van der Waals surface area (Å²) in [5, 5.41) is 9.53. The van der Waals surface area contributed by atoms with Crippen LogP contribution in [0.25, 0.3) is 6.08 Å². The maximum Gasteiger partial charge on any atom is 0.491 e. The summed E-state index contributed by atoms with van der Waals surface area (Å²) in [5.41, 5.74) is 2.67. The molecular weight excluding hydrogens is 241 g/mol. The molecule has 1 N–H and O–H groups in total. The fourth-order valence-electron chi connectivity index (χ4n) is 1.96. The molecule has 1 aromatic carbocycles. The van der Waals surface area contributed by atoms with Gasteiger partial charge in [-0.3, -0.25) is 0 Å². The molecule has 2 aromatic rings. The van der Waals surface area contributed by atoms with Crippen molar-refractivity contribution in [2.45, 2.75) is 6.61 Å². The first-order valence-corrected chi connectivity index (χ1v) is 5.95. The smallest absolute Gasteiger partial charge is 0.439 e. The van der Waals surface area contributed by atoms with Gasteiger partial charge in [-0.25, -0.2) is 4.98 Å². The molecule has 0 aliphatic carbocycles. The van der Waals surface area contributed by atoms with E-state index in [-0.39, 0.29) is 0 Å². The van der Waals surface area contributed by atoms with Gasteiger partial charge in [0.05, 0.1) is 6.61 Å². The van der Waals surface area contributed by atoms with E-state index in [0.29, 0.717) is 18.2 Å². The molecule has 4 nitrogen and oxygen atoms in total. The third-order valence-corrected chi connectivity index (χ3v) is 2.99. The third kappa shape index (κ3) is 2.38. The predicted octanol–water partition coefficient (Wildman–Crippen LogP) is 1.73. The zero-order valence-corrected chi connectivity index (χ0v) is 10.2. The molecule has 0 atom stereocenters. The van der Waals surface area contributed by atoms with Crippen molar-refractivity contribution in [3.05, 3.63) is 54.2 Å². The van der Waals surface area contributed by atoms with E-state index in [9.17, 15) is 5.02 Å². The van der Waals surface area contributed by atoms with E-state index in [1.54, 1.807) is 30.5 Å². The van der Waals surface area contributed by atoms with Gasteiger partial charge >= 0.3 is 7.12 Å². The summed E-state index contributed by atoms with van der Waals surface area (Å²) in [7, 11) is -0.825. The van der Waals surface area contributed by atoms with Gasteiger partial charge in [0.15, 0.2) is 0 Å². The van der Waals surface area contributed by atoms with Gasteiger partial charge in [0.1, 0.15) is 5.75 Å². The highest BCUT2D eigenvalue weighted by atomic mass is 16.5. The molecule has 1 aliphatic heterocycles. The highest BCUT2D eigenvalue weighted by Gasteiger charge is 2.27. The number of pyridine rings is 1. The van der Waals surface area contributed by atoms with Gasteiger partial charge < -0.3 is 14.4 Å². The minimum Gasteiger partial charge on any atom is -0.439 e. The maximum absolute atomic E-state index is 9.53. The topological polar surface area (TPSA) is 51.6 Å². The Morgan fingerprint density at radius 3 is 3.00 bits per heavy atom. The standard InChI is InChI=1S/C14H12BNO3/c1-2-10-3-6-14(16-8-10)19-12-4-5-13-11(7-12)9-18-15(13)17/h2-8,17H,1,9H2. The summed E-state index contributed by atoms with van der Waals surface area (Å²) in [6.07, 6.45) is 3.42. The van der Waals surface area contributed by atoms with Gasteiger partial charge in [0, 0.05) is 12.3 Å². The molecule has 0 radical (unpaired) electrons. The largest absolute Gasteiger partial charge is 0.491 e. The first-order valence-electron chi connectivity index (χ1n) is 5.95. The van der Waals surface area contributed by atoms with Crippen LogP contribution in [0.2, 0.25) is 0 Å². The van der Waals surface area contributed by atoms with Crippen LogP contribution < -0.4 is 10.2 Å². The van der Waals surface area contributed by atoms with Crippen LogP contribution >= 0.6 is 0 Å². The minimum absolute atomic E-state index is 0.399. The zero-order chi connectivity index (χ0) is 13.2. The first-order chi connectivity index (χ1) is 9.26. The lowest BCUT2D eigenvalue weighted by molar-refractivity contribution is 0.275. The summed E-state index contributed by atoms with van der Waals surface area (Å²) < 4.78 is 10.8. The number of nitrogens with zero attached hydrogens (tertiary/aromatic N) is 1. The summed E-state index contributed by atoms with van der Waals surface area (Å²) in [6.45, 7) is 4.07. The molecule has 0 saturated carbocycles. The molecule has 1 aromatic heterocycles. The molecule has 5 heteroatoms. The number of hydrogen-bond acceptors (Lipinski definition) is 4. The summed E-state index contributed by atoms with van der Waals surface area (Å²) >= 11 is 0. The fraction of sp³-hybridized carbons (Fsp3) is 0.0714. The Labute approximate surface area is 111 Å². The molecule has 94 valence electrons. The average Bonchev–Trinajstić information content (AvgIpc) is 2.81. The third-order valence-electron chi connectivity index (χ3n) is 2.99. The Bertz CT molecular complexity index is 613. The zero-order valence-electron chi connectivity index (χ0n) is 10.2. The molecule has 0 bridgehead atoms. The minimum atomic E-state index is -0.825. The molecule has 1 aliphatic rings. The molecular formula is C14H12BNO3. The van der Waals surface area contributed by atoms with Crippen LogP contribution in [0, 0.1) is 0 Å². The van der Waals surface area contributed by atoms with E-state index >= 15 is 0 Å². The van der Waals surface area contributed by atoms with Crippen LogP contribution in [0.15, 0.2) is 43.1 Å². The molecule has 0 saturated heterocycles. The number of ether oxygens (including phenoxy) is 1. The van der Waals surface area contributed by atoms with Crippen LogP contribution in [-0.4, -0.2) is 17.1 Å². The SMILES string of the molecule is C=Cc1ccc(Oc2ccc3c(c2)COB3O)nc1. The summed E-state index contributed by atoms with van der Waals surface area (Å²) in [5.74, 6) is 1.19. The molecule has 3 rings (SSSR count). The number of fused-ring (bicyclic) bond motifs is 1. The highest BCUT2D eigenvalue weighted by Crippen LogP contribution is 2.22. The highest BCUT2D eigenvalue weighted by molar-refractivity contribution is 6.61. The van der Waals surface area contributed by atoms with Gasteiger partial charge in [-0.1, -0.05) is 18.7 Å². The van der Waals surface area contributed by atoms with Crippen molar-refractivity contribution >= 4 is 18.7 Å². The number of aromatic nitrogens is 1. The van der Waals surface area contributed by atoms with Crippen LogP contribution in [0.4, 0.5) is 0 Å². The molecule has 0 spiro atoms. The second-order valence-corrected chi connectivity index (χ2v) is 4.26. The Morgan fingerprint density at radius 1 is 1.37 bits per heavy atom. The van der Waals surface area contributed by atoms with E-state index in [1.165, 1.54) is 0 Å². The quantitative estimate of drug-likeness (QED) is 0.846. The molecule has 19 heavy (non-hydrogen) atoms. The van der Waals surface area contributed by atoms with Crippen molar-refractivity contribution in [3.8, 4) is 11.6 Å². The van der Waals surface area contributed by atoms with Crippen LogP contribution in [0.3, 0.4) is 0 Å². The van der Waals surface area contributed by atoms with E-state index in [1.807, 2.05) is 12.1 Å². The van der Waals surface area contributed by atoms with Crippen molar-refractivity contribution in [2.75, 3.05) is 0 Å². The summed E-state index contributed by atoms with van der Waals surface area (Å²) in [4.78, 5) is 4.18. The van der Waals surface area contributed by atoms with E-state index < -0.39 is 7.12 Å².